The summed E-state index contributed by atoms with van der Waals surface area (Å²) in [5, 5.41) is 0.611. The van der Waals surface area contributed by atoms with Gasteiger partial charge in [0.25, 0.3) is 5.91 Å². The zero-order valence-electron chi connectivity index (χ0n) is 18.2. The Morgan fingerprint density at radius 3 is 2.48 bits per heavy atom. The Labute approximate surface area is 193 Å². The molecule has 0 saturated carbocycles. The quantitative estimate of drug-likeness (QED) is 0.663. The number of nitrogens with zero attached hydrogens (tertiary/aromatic N) is 4. The molecule has 0 aliphatic carbocycles. The lowest BCUT2D eigenvalue weighted by molar-refractivity contribution is -0.169. The number of rotatable bonds is 4. The minimum atomic E-state index is -1.90. The van der Waals surface area contributed by atoms with Gasteiger partial charge in [0, 0.05) is 63.7 Å². The number of ether oxygens (including phenoxy) is 2. The lowest BCUT2D eigenvalue weighted by Gasteiger charge is -2.40. The normalized spacial score (nSPS) is 22.2. The molecular weight excluding hydrogens is 451 g/mol. The van der Waals surface area contributed by atoms with E-state index in [2.05, 4.69) is 9.88 Å². The smallest absolute Gasteiger partial charge is 0.257 e. The van der Waals surface area contributed by atoms with Crippen LogP contribution in [0.1, 0.15) is 23.2 Å². The van der Waals surface area contributed by atoms with E-state index in [1.807, 2.05) is 4.90 Å². The number of amides is 1. The highest BCUT2D eigenvalue weighted by Crippen LogP contribution is 2.37. The predicted molar refractivity (Wildman–Crippen MR) is 121 cm³/mol. The van der Waals surface area contributed by atoms with Gasteiger partial charge in [-0.2, -0.15) is 0 Å². The molecule has 9 nitrogen and oxygen atoms in total. The van der Waals surface area contributed by atoms with Crippen molar-refractivity contribution in [3.63, 3.8) is 0 Å². The third kappa shape index (κ3) is 4.60. The number of hydrogen-bond acceptors (Lipinski definition) is 7. The molecule has 3 fully saturated rings. The standard InChI is InChI=1S/C22H27FN4O5S/c23-16-1-2-19-17(13-16)20(26-5-3-22(4-6-26)31-11-12-32-22)18(14-24-19)21(28)27-9-7-25(8-10-27)15-33(29)30/h1-2,13-14H,3-12,15H2,(H,29,30). The van der Waals surface area contributed by atoms with Gasteiger partial charge in [-0.1, -0.05) is 0 Å². The third-order valence-corrected chi connectivity index (χ3v) is 7.23. The molecule has 1 spiro atoms. The zero-order valence-corrected chi connectivity index (χ0v) is 19.1. The minimum absolute atomic E-state index is 0.0732. The molecule has 3 aliphatic rings. The Bertz CT molecular complexity index is 1060. The monoisotopic (exact) mass is 478 g/mol. The Morgan fingerprint density at radius 1 is 1.12 bits per heavy atom. The van der Waals surface area contributed by atoms with Gasteiger partial charge in [0.2, 0.25) is 0 Å². The van der Waals surface area contributed by atoms with Gasteiger partial charge in [0.05, 0.1) is 30.0 Å². The Morgan fingerprint density at radius 2 is 1.82 bits per heavy atom. The first-order valence-corrected chi connectivity index (χ1v) is 12.4. The highest BCUT2D eigenvalue weighted by atomic mass is 32.2. The van der Waals surface area contributed by atoms with Crippen LogP contribution >= 0.6 is 0 Å². The fourth-order valence-corrected chi connectivity index (χ4v) is 5.48. The van der Waals surface area contributed by atoms with Gasteiger partial charge < -0.3 is 23.8 Å². The van der Waals surface area contributed by atoms with Gasteiger partial charge in [-0.3, -0.25) is 14.7 Å². The van der Waals surface area contributed by atoms with Crippen LogP contribution in [-0.4, -0.2) is 93.6 Å². The lowest BCUT2D eigenvalue weighted by atomic mass is 10.00. The van der Waals surface area contributed by atoms with Crippen molar-refractivity contribution in [1.29, 1.82) is 0 Å². The average Bonchev–Trinajstić information content (AvgIpc) is 3.26. The molecule has 3 saturated heterocycles. The summed E-state index contributed by atoms with van der Waals surface area (Å²) in [7, 11) is 0. The summed E-state index contributed by atoms with van der Waals surface area (Å²) in [5.41, 5.74) is 1.76. The topological polar surface area (TPSA) is 95.4 Å². The van der Waals surface area contributed by atoms with Gasteiger partial charge in [-0.15, -0.1) is 0 Å². The summed E-state index contributed by atoms with van der Waals surface area (Å²) in [6.07, 6.45) is 2.91. The SMILES string of the molecule is O=C(c1cnc2ccc(F)cc2c1N1CCC2(CC1)OCCO2)N1CCN(CS(=O)O)CC1. The molecule has 1 atom stereocenters. The molecule has 4 heterocycles. The molecule has 1 aromatic carbocycles. The van der Waals surface area contributed by atoms with E-state index in [0.717, 1.165) is 0 Å². The van der Waals surface area contributed by atoms with Gasteiger partial charge in [0.15, 0.2) is 16.9 Å². The van der Waals surface area contributed by atoms with E-state index in [-0.39, 0.29) is 17.6 Å². The minimum Gasteiger partial charge on any atom is -0.370 e. The van der Waals surface area contributed by atoms with Crippen LogP contribution in [0.3, 0.4) is 0 Å². The van der Waals surface area contributed by atoms with Gasteiger partial charge in [-0.05, 0) is 18.2 Å². The Balaban J connectivity index is 1.44. The molecule has 178 valence electrons. The highest BCUT2D eigenvalue weighted by Gasteiger charge is 2.41. The number of aromatic nitrogens is 1. The molecule has 5 rings (SSSR count). The van der Waals surface area contributed by atoms with Crippen molar-refractivity contribution < 1.29 is 27.4 Å². The van der Waals surface area contributed by atoms with E-state index in [1.54, 1.807) is 17.2 Å². The number of piperazine rings is 1. The van der Waals surface area contributed by atoms with Crippen molar-refractivity contribution >= 4 is 33.6 Å². The summed E-state index contributed by atoms with van der Waals surface area (Å²) in [6.45, 7) is 4.33. The van der Waals surface area contributed by atoms with Crippen molar-refractivity contribution in [1.82, 2.24) is 14.8 Å². The van der Waals surface area contributed by atoms with Crippen LogP contribution in [-0.2, 0) is 20.6 Å². The predicted octanol–water partition coefficient (Wildman–Crippen LogP) is 1.65. The number of piperidine rings is 1. The average molecular weight is 479 g/mol. The number of halogens is 1. The van der Waals surface area contributed by atoms with Crippen molar-refractivity contribution in [2.45, 2.75) is 18.6 Å². The molecule has 1 amide bonds. The summed E-state index contributed by atoms with van der Waals surface area (Å²) in [6, 6.07) is 4.44. The third-order valence-electron chi connectivity index (χ3n) is 6.64. The second-order valence-corrected chi connectivity index (χ2v) is 9.54. The maximum Gasteiger partial charge on any atom is 0.257 e. The first-order valence-electron chi connectivity index (χ1n) is 11.1. The number of carbonyl (C=O) groups excluding carboxylic acids is 1. The van der Waals surface area contributed by atoms with Gasteiger partial charge >= 0.3 is 0 Å². The molecular formula is C22H27FN4O5S. The van der Waals surface area contributed by atoms with E-state index in [0.29, 0.717) is 87.5 Å². The van der Waals surface area contributed by atoms with Crippen LogP contribution in [0.2, 0.25) is 0 Å². The van der Waals surface area contributed by atoms with E-state index in [9.17, 15) is 13.4 Å². The number of carbonyl (C=O) groups is 1. The summed E-state index contributed by atoms with van der Waals surface area (Å²) in [4.78, 5) is 23.7. The summed E-state index contributed by atoms with van der Waals surface area (Å²) < 4.78 is 46.1. The molecule has 1 aromatic heterocycles. The van der Waals surface area contributed by atoms with E-state index in [4.69, 9.17) is 14.0 Å². The van der Waals surface area contributed by atoms with Crippen molar-refractivity contribution in [3.8, 4) is 0 Å². The number of hydrogen-bond donors (Lipinski definition) is 1. The Hall–Kier alpha value is -2.18. The Kier molecular flexibility index (Phi) is 6.32. The first kappa shape index (κ1) is 22.6. The van der Waals surface area contributed by atoms with Gasteiger partial charge in [0.1, 0.15) is 11.7 Å². The summed E-state index contributed by atoms with van der Waals surface area (Å²) in [5.74, 6) is -1.03. The van der Waals surface area contributed by atoms with Crippen LogP contribution < -0.4 is 4.90 Å². The van der Waals surface area contributed by atoms with E-state index < -0.39 is 16.9 Å². The van der Waals surface area contributed by atoms with Crippen LogP contribution in [0.15, 0.2) is 24.4 Å². The molecule has 0 bridgehead atoms. The fourth-order valence-electron chi connectivity index (χ4n) is 4.91. The largest absolute Gasteiger partial charge is 0.370 e. The maximum absolute atomic E-state index is 14.2. The number of benzene rings is 1. The number of anilines is 1. The molecule has 3 aliphatic heterocycles. The van der Waals surface area contributed by atoms with Crippen molar-refractivity contribution in [2.75, 3.05) is 63.3 Å². The molecule has 1 unspecified atom stereocenters. The van der Waals surface area contributed by atoms with Crippen LogP contribution in [0.5, 0.6) is 0 Å². The van der Waals surface area contributed by atoms with Crippen molar-refractivity contribution in [2.24, 2.45) is 0 Å². The lowest BCUT2D eigenvalue weighted by Crippen LogP contribution is -2.50. The molecule has 33 heavy (non-hydrogen) atoms. The highest BCUT2D eigenvalue weighted by molar-refractivity contribution is 7.79. The number of pyridine rings is 1. The fraction of sp³-hybridized carbons (Fsp3) is 0.545. The second kappa shape index (κ2) is 9.22. The van der Waals surface area contributed by atoms with Gasteiger partial charge in [-0.25, -0.2) is 8.60 Å². The van der Waals surface area contributed by atoms with E-state index >= 15 is 0 Å². The molecule has 0 radical (unpaired) electrons. The first-order chi connectivity index (χ1) is 15.9. The number of fused-ring (bicyclic) bond motifs is 1. The van der Waals surface area contributed by atoms with Crippen LogP contribution in [0, 0.1) is 5.82 Å². The second-order valence-electron chi connectivity index (χ2n) is 8.64. The van der Waals surface area contributed by atoms with Crippen molar-refractivity contribution in [3.05, 3.63) is 35.8 Å². The maximum atomic E-state index is 14.2. The van der Waals surface area contributed by atoms with Crippen LogP contribution in [0.4, 0.5) is 10.1 Å². The summed E-state index contributed by atoms with van der Waals surface area (Å²) >= 11 is -1.90. The molecule has 2 aromatic rings. The zero-order chi connectivity index (χ0) is 23.0. The van der Waals surface area contributed by atoms with Crippen LogP contribution in [0.25, 0.3) is 10.9 Å². The molecule has 1 N–H and O–H groups in total. The van der Waals surface area contributed by atoms with E-state index in [1.165, 1.54) is 12.1 Å². The molecule has 11 heteroatoms.